The molecular weight excluding hydrogens is 419 g/mol. The van der Waals surface area contributed by atoms with Gasteiger partial charge in [0.05, 0.1) is 0 Å². The average molecular weight is 447 g/mol. The lowest BCUT2D eigenvalue weighted by Crippen LogP contribution is -2.34. The number of halogens is 2. The van der Waals surface area contributed by atoms with Gasteiger partial charge < -0.3 is 9.47 Å². The number of amides is 1. The molecule has 3 atom stereocenters. The summed E-state index contributed by atoms with van der Waals surface area (Å²) in [7, 11) is 4.18. The van der Waals surface area contributed by atoms with Crippen LogP contribution < -0.4 is 0 Å². The first-order valence-electron chi connectivity index (χ1n) is 10.00. The van der Waals surface area contributed by atoms with E-state index in [1.54, 1.807) is 0 Å². The fraction of sp³-hybridized carbons (Fsp3) is 0.391. The van der Waals surface area contributed by atoms with Crippen molar-refractivity contribution in [2.75, 3.05) is 26.7 Å². The maximum Gasteiger partial charge on any atom is 0.272 e. The molecule has 7 heteroatoms. The number of pyridine rings is 1. The monoisotopic (exact) mass is 446 g/mol. The van der Waals surface area contributed by atoms with Crippen molar-refractivity contribution in [2.45, 2.75) is 13.0 Å². The number of benzene rings is 1. The lowest BCUT2D eigenvalue weighted by Gasteiger charge is -2.28. The molecule has 0 saturated carbocycles. The summed E-state index contributed by atoms with van der Waals surface area (Å²) in [6.07, 6.45) is 1.98. The minimum absolute atomic E-state index is 0. The van der Waals surface area contributed by atoms with Crippen LogP contribution in [0.25, 0.3) is 11.0 Å². The fourth-order valence-electron chi connectivity index (χ4n) is 5.23. The standard InChI is InChI=1S/C23H26N4O.2ClH/c1-15-6-4-5-7-18(15)21-19-14-27(13-17(19)12-26(21)3)23(28)20-9-8-16-10-11-25(2)22(16)24-20;;/h4-11,17,19,21H,12-14H2,1-3H3;2*1H/t17-,19+,21-;;/m0../s1. The summed E-state index contributed by atoms with van der Waals surface area (Å²) in [5.41, 5.74) is 4.15. The van der Waals surface area contributed by atoms with Crippen molar-refractivity contribution >= 4 is 41.8 Å². The van der Waals surface area contributed by atoms with Gasteiger partial charge >= 0.3 is 0 Å². The number of nitrogens with zero attached hydrogens (tertiary/aromatic N) is 4. The van der Waals surface area contributed by atoms with Crippen molar-refractivity contribution < 1.29 is 4.79 Å². The third-order valence-electron chi connectivity index (χ3n) is 6.63. The van der Waals surface area contributed by atoms with Gasteiger partial charge in [-0.05, 0) is 49.2 Å². The first-order valence-corrected chi connectivity index (χ1v) is 10.00. The third-order valence-corrected chi connectivity index (χ3v) is 6.63. The third kappa shape index (κ3) is 3.59. The smallest absolute Gasteiger partial charge is 0.272 e. The number of carbonyl (C=O) groups is 1. The number of rotatable bonds is 2. The van der Waals surface area contributed by atoms with Crippen molar-refractivity contribution in [1.82, 2.24) is 19.4 Å². The van der Waals surface area contributed by atoms with Gasteiger partial charge in [-0.15, -0.1) is 24.8 Å². The summed E-state index contributed by atoms with van der Waals surface area (Å²) in [5, 5.41) is 1.07. The molecule has 2 aliphatic heterocycles. The number of likely N-dealkylation sites (tertiary alicyclic amines) is 2. The number of hydrogen-bond acceptors (Lipinski definition) is 3. The van der Waals surface area contributed by atoms with Crippen LogP contribution >= 0.6 is 24.8 Å². The zero-order chi connectivity index (χ0) is 19.4. The summed E-state index contributed by atoms with van der Waals surface area (Å²) < 4.78 is 1.97. The summed E-state index contributed by atoms with van der Waals surface area (Å²) >= 11 is 0. The number of fused-ring (bicyclic) bond motifs is 2. The van der Waals surface area contributed by atoms with Crippen molar-refractivity contribution in [1.29, 1.82) is 0 Å². The molecule has 5 nitrogen and oxygen atoms in total. The molecular formula is C23H28Cl2N4O. The van der Waals surface area contributed by atoms with E-state index < -0.39 is 0 Å². The molecule has 4 heterocycles. The second-order valence-electron chi connectivity index (χ2n) is 8.41. The molecule has 1 aromatic carbocycles. The Labute approximate surface area is 189 Å². The van der Waals surface area contributed by atoms with Crippen LogP contribution in [0.2, 0.25) is 0 Å². The second-order valence-corrected chi connectivity index (χ2v) is 8.41. The largest absolute Gasteiger partial charge is 0.337 e. The Morgan fingerprint density at radius 2 is 1.77 bits per heavy atom. The van der Waals surface area contributed by atoms with Gasteiger partial charge in [-0.2, -0.15) is 0 Å². The van der Waals surface area contributed by atoms with E-state index in [9.17, 15) is 4.79 Å². The predicted octanol–water partition coefficient (Wildman–Crippen LogP) is 4.10. The Bertz CT molecular complexity index is 1070. The molecule has 2 aliphatic rings. The van der Waals surface area contributed by atoms with Gasteiger partial charge in [-0.3, -0.25) is 9.69 Å². The lowest BCUT2D eigenvalue weighted by atomic mass is 9.88. The van der Waals surface area contributed by atoms with Gasteiger partial charge in [0.15, 0.2) is 0 Å². The van der Waals surface area contributed by atoms with Gasteiger partial charge in [-0.1, -0.05) is 24.3 Å². The van der Waals surface area contributed by atoms with E-state index in [1.165, 1.54) is 11.1 Å². The van der Waals surface area contributed by atoms with Crippen LogP contribution in [0.1, 0.15) is 27.7 Å². The van der Waals surface area contributed by atoms with Crippen LogP contribution in [0.4, 0.5) is 0 Å². The minimum Gasteiger partial charge on any atom is -0.337 e. The second kappa shape index (κ2) is 8.58. The molecule has 2 fully saturated rings. The maximum absolute atomic E-state index is 13.2. The highest BCUT2D eigenvalue weighted by Crippen LogP contribution is 2.45. The Morgan fingerprint density at radius 3 is 2.53 bits per heavy atom. The molecule has 30 heavy (non-hydrogen) atoms. The molecule has 0 unspecified atom stereocenters. The number of aromatic nitrogens is 2. The maximum atomic E-state index is 13.2. The Balaban J connectivity index is 0.00000128. The van der Waals surface area contributed by atoms with E-state index in [2.05, 4.69) is 48.1 Å². The topological polar surface area (TPSA) is 41.4 Å². The van der Waals surface area contributed by atoms with E-state index in [0.29, 0.717) is 23.6 Å². The van der Waals surface area contributed by atoms with Crippen molar-refractivity contribution in [3.8, 4) is 0 Å². The SMILES string of the molecule is Cc1ccccc1[C@H]1[C@@H]2CN(C(=O)c3ccc4ccn(C)c4n3)C[C@@H]2CN1C.Cl.Cl. The molecule has 0 radical (unpaired) electrons. The lowest BCUT2D eigenvalue weighted by molar-refractivity contribution is 0.0762. The van der Waals surface area contributed by atoms with E-state index in [-0.39, 0.29) is 30.7 Å². The van der Waals surface area contributed by atoms with Crippen molar-refractivity contribution in [3.63, 3.8) is 0 Å². The van der Waals surface area contributed by atoms with Crippen LogP contribution in [-0.2, 0) is 7.05 Å². The Morgan fingerprint density at radius 1 is 1.00 bits per heavy atom. The first kappa shape index (κ1) is 22.6. The van der Waals surface area contributed by atoms with E-state index in [4.69, 9.17) is 0 Å². The number of hydrogen-bond donors (Lipinski definition) is 0. The Kier molecular flexibility index (Phi) is 6.46. The fourth-order valence-corrected chi connectivity index (χ4v) is 5.23. The van der Waals surface area contributed by atoms with Crippen LogP contribution in [0.5, 0.6) is 0 Å². The van der Waals surface area contributed by atoms with Crippen LogP contribution in [-0.4, -0.2) is 51.9 Å². The summed E-state index contributed by atoms with van der Waals surface area (Å²) in [5.74, 6) is 1.06. The highest BCUT2D eigenvalue weighted by Gasteiger charge is 2.47. The molecule has 1 amide bonds. The molecule has 0 spiro atoms. The van der Waals surface area contributed by atoms with Gasteiger partial charge in [0, 0.05) is 50.2 Å². The average Bonchev–Trinajstić information content (AvgIpc) is 3.34. The normalized spacial score (nSPS) is 23.2. The number of carbonyl (C=O) groups excluding carboxylic acids is 1. The van der Waals surface area contributed by atoms with E-state index >= 15 is 0 Å². The zero-order valence-corrected chi connectivity index (χ0v) is 19.1. The van der Waals surface area contributed by atoms with Gasteiger partial charge in [0.25, 0.3) is 5.91 Å². The summed E-state index contributed by atoms with van der Waals surface area (Å²) in [6, 6.07) is 14.9. The van der Waals surface area contributed by atoms with Crippen LogP contribution in [0.3, 0.4) is 0 Å². The molecule has 0 bridgehead atoms. The molecule has 5 rings (SSSR count). The quantitative estimate of drug-likeness (QED) is 0.594. The molecule has 160 valence electrons. The molecule has 3 aromatic rings. The van der Waals surface area contributed by atoms with Crippen LogP contribution in [0.15, 0.2) is 48.7 Å². The molecule has 0 N–H and O–H groups in total. The van der Waals surface area contributed by atoms with Crippen molar-refractivity contribution in [2.24, 2.45) is 18.9 Å². The van der Waals surface area contributed by atoms with Crippen molar-refractivity contribution in [3.05, 3.63) is 65.5 Å². The molecule has 0 aliphatic carbocycles. The van der Waals surface area contributed by atoms with Gasteiger partial charge in [-0.25, -0.2) is 4.98 Å². The highest BCUT2D eigenvalue weighted by atomic mass is 35.5. The summed E-state index contributed by atoms with van der Waals surface area (Å²) in [4.78, 5) is 22.3. The molecule has 2 saturated heterocycles. The first-order chi connectivity index (χ1) is 13.5. The molecule has 2 aromatic heterocycles. The number of aryl methyl sites for hydroxylation is 2. The van der Waals surface area contributed by atoms with E-state index in [1.807, 2.05) is 40.9 Å². The highest BCUT2D eigenvalue weighted by molar-refractivity contribution is 5.94. The van der Waals surface area contributed by atoms with Gasteiger partial charge in [0.1, 0.15) is 11.3 Å². The minimum atomic E-state index is 0. The predicted molar refractivity (Wildman–Crippen MR) is 125 cm³/mol. The van der Waals surface area contributed by atoms with Crippen LogP contribution in [0, 0.1) is 18.8 Å². The van der Waals surface area contributed by atoms with E-state index in [0.717, 1.165) is 30.7 Å². The zero-order valence-electron chi connectivity index (χ0n) is 17.5. The Hall–Kier alpha value is -2.08. The summed E-state index contributed by atoms with van der Waals surface area (Å²) in [6.45, 7) is 4.86. The van der Waals surface area contributed by atoms with Gasteiger partial charge in [0.2, 0.25) is 0 Å².